The summed E-state index contributed by atoms with van der Waals surface area (Å²) < 4.78 is 5.79. The first kappa shape index (κ1) is 40.1. The lowest BCUT2D eigenvalue weighted by Gasteiger charge is -2.15. The quantitative estimate of drug-likeness (QED) is 0.0472. The van der Waals surface area contributed by atoms with Gasteiger partial charge in [0.05, 0.1) is 0 Å². The average Bonchev–Trinajstić information content (AvgIpc) is 2.98. The molecular formula is C36H60N2O5. The minimum absolute atomic E-state index is 0.176. The Balaban J connectivity index is 4.37. The van der Waals surface area contributed by atoms with E-state index < -0.39 is 12.0 Å². The number of nitrogens with two attached hydrogens (primary N) is 1. The van der Waals surface area contributed by atoms with E-state index in [1.807, 2.05) is 12.2 Å². The molecule has 2 atom stereocenters. The zero-order valence-electron chi connectivity index (χ0n) is 27.0. The summed E-state index contributed by atoms with van der Waals surface area (Å²) in [5.41, 5.74) is 5.45. The molecule has 2 unspecified atom stereocenters. The number of hydrogen-bond acceptors (Lipinski definition) is 5. The number of allylic oxidation sites excluding steroid dienone is 9. The molecule has 7 nitrogen and oxygen atoms in total. The lowest BCUT2D eigenvalue weighted by molar-refractivity contribution is -0.147. The number of unbranched alkanes of at least 4 members (excludes halogenated alkanes) is 6. The van der Waals surface area contributed by atoms with Crippen LogP contribution in [-0.4, -0.2) is 41.6 Å². The highest BCUT2D eigenvalue weighted by Gasteiger charge is 2.18. The van der Waals surface area contributed by atoms with Crippen LogP contribution in [0.25, 0.3) is 0 Å². The van der Waals surface area contributed by atoms with Crippen LogP contribution in [0.1, 0.15) is 129 Å². The van der Waals surface area contributed by atoms with Crippen LogP contribution in [0.15, 0.2) is 60.8 Å². The summed E-state index contributed by atoms with van der Waals surface area (Å²) in [7, 11) is 0. The molecule has 43 heavy (non-hydrogen) atoms. The van der Waals surface area contributed by atoms with Gasteiger partial charge in [0.2, 0.25) is 5.91 Å². The molecule has 1 amide bonds. The molecule has 0 heterocycles. The summed E-state index contributed by atoms with van der Waals surface area (Å²) in [4.78, 5) is 35.9. The molecule has 7 heteroatoms. The third-order valence-corrected chi connectivity index (χ3v) is 6.81. The normalized spacial score (nSPS) is 13.6. The van der Waals surface area contributed by atoms with E-state index in [0.29, 0.717) is 45.1 Å². The van der Waals surface area contributed by atoms with Crippen molar-refractivity contribution < 1.29 is 24.2 Å². The number of carboxylic acids is 1. The number of carbonyl (C=O) groups is 3. The van der Waals surface area contributed by atoms with E-state index in [9.17, 15) is 19.5 Å². The molecule has 0 rings (SSSR count). The summed E-state index contributed by atoms with van der Waals surface area (Å²) in [5, 5.41) is 11.8. The fourth-order valence-corrected chi connectivity index (χ4v) is 4.31. The first-order chi connectivity index (χ1) is 20.9. The lowest BCUT2D eigenvalue weighted by atomic mass is 10.1. The fourth-order valence-electron chi connectivity index (χ4n) is 4.31. The Hall–Kier alpha value is -2.93. The van der Waals surface area contributed by atoms with E-state index in [1.165, 1.54) is 12.8 Å². The predicted molar refractivity (Wildman–Crippen MR) is 179 cm³/mol. The predicted octanol–water partition coefficient (Wildman–Crippen LogP) is 8.27. The van der Waals surface area contributed by atoms with E-state index in [0.717, 1.165) is 64.2 Å². The van der Waals surface area contributed by atoms with Crippen LogP contribution in [0.4, 0.5) is 0 Å². The van der Waals surface area contributed by atoms with Crippen LogP contribution >= 0.6 is 0 Å². The van der Waals surface area contributed by atoms with Crippen molar-refractivity contribution in [2.24, 2.45) is 5.73 Å². The topological polar surface area (TPSA) is 119 Å². The van der Waals surface area contributed by atoms with Crippen LogP contribution in [0, 0.1) is 0 Å². The standard InChI is InChI=1S/C36H60N2O5/c1-3-5-7-9-10-11-12-13-14-15-16-18-24-30-35(40)43-32(26-21-17-8-6-4-2)27-22-19-20-23-29-34(39)38-33(36(41)42)28-25-31-37/h5,7,10-11,13-14,16,18,21,26,32-33H,3-4,6,8-9,12,15,17,19-20,22-25,27-31,37H2,1-2H3,(H,38,39)(H,41,42)/b7-5-,11-10-,14-13-,18-16-,26-21-. The maximum Gasteiger partial charge on any atom is 0.326 e. The monoisotopic (exact) mass is 600 g/mol. The summed E-state index contributed by atoms with van der Waals surface area (Å²) in [6, 6.07) is -0.876. The third kappa shape index (κ3) is 27.6. The van der Waals surface area contributed by atoms with Gasteiger partial charge in [-0.2, -0.15) is 0 Å². The Kier molecular flexibility index (Phi) is 28.4. The van der Waals surface area contributed by atoms with Crippen LogP contribution in [-0.2, 0) is 19.1 Å². The number of ether oxygens (including phenoxy) is 1. The number of nitrogens with one attached hydrogen (secondary N) is 1. The van der Waals surface area contributed by atoms with Gasteiger partial charge in [-0.1, -0.05) is 94.2 Å². The van der Waals surface area contributed by atoms with Crippen molar-refractivity contribution in [3.8, 4) is 0 Å². The van der Waals surface area contributed by atoms with Crippen molar-refractivity contribution in [3.63, 3.8) is 0 Å². The van der Waals surface area contributed by atoms with Gasteiger partial charge in [0.15, 0.2) is 0 Å². The highest BCUT2D eigenvalue weighted by atomic mass is 16.5. The second kappa shape index (κ2) is 30.5. The Labute approximate surface area is 261 Å². The molecule has 0 aliphatic rings. The summed E-state index contributed by atoms with van der Waals surface area (Å²) in [6.07, 6.45) is 35.8. The summed E-state index contributed by atoms with van der Waals surface area (Å²) in [6.45, 7) is 4.72. The highest BCUT2D eigenvalue weighted by molar-refractivity contribution is 5.83. The summed E-state index contributed by atoms with van der Waals surface area (Å²) >= 11 is 0. The molecule has 0 radical (unpaired) electrons. The molecule has 0 aromatic heterocycles. The largest absolute Gasteiger partial charge is 0.480 e. The van der Waals surface area contributed by atoms with E-state index in [4.69, 9.17) is 10.5 Å². The number of aliphatic carboxylic acids is 1. The molecule has 0 spiro atoms. The molecule has 0 saturated heterocycles. The number of carbonyl (C=O) groups excluding carboxylic acids is 2. The maximum absolute atomic E-state index is 12.5. The summed E-state index contributed by atoms with van der Waals surface area (Å²) in [5.74, 6) is -1.44. The average molecular weight is 601 g/mol. The van der Waals surface area contributed by atoms with Gasteiger partial charge >= 0.3 is 11.9 Å². The number of amides is 1. The van der Waals surface area contributed by atoms with Gasteiger partial charge in [-0.15, -0.1) is 0 Å². The van der Waals surface area contributed by atoms with Crippen molar-refractivity contribution in [1.29, 1.82) is 0 Å². The first-order valence-corrected chi connectivity index (χ1v) is 16.6. The smallest absolute Gasteiger partial charge is 0.326 e. The molecule has 4 N–H and O–H groups in total. The van der Waals surface area contributed by atoms with Gasteiger partial charge in [-0.25, -0.2) is 4.79 Å². The fraction of sp³-hybridized carbons (Fsp3) is 0.639. The molecule has 0 bridgehead atoms. The maximum atomic E-state index is 12.5. The van der Waals surface area contributed by atoms with Crippen LogP contribution in [0.5, 0.6) is 0 Å². The molecule has 0 aliphatic carbocycles. The Morgan fingerprint density at radius 3 is 2.00 bits per heavy atom. The highest BCUT2D eigenvalue weighted by Crippen LogP contribution is 2.13. The van der Waals surface area contributed by atoms with E-state index in [1.54, 1.807) is 0 Å². The Morgan fingerprint density at radius 2 is 1.37 bits per heavy atom. The second-order valence-corrected chi connectivity index (χ2v) is 10.8. The minimum atomic E-state index is -1.02. The van der Waals surface area contributed by atoms with Crippen LogP contribution in [0.3, 0.4) is 0 Å². The van der Waals surface area contributed by atoms with Gasteiger partial charge in [0.1, 0.15) is 12.1 Å². The molecule has 0 aromatic rings. The van der Waals surface area contributed by atoms with Gasteiger partial charge in [-0.3, -0.25) is 9.59 Å². The van der Waals surface area contributed by atoms with Crippen LogP contribution in [0.2, 0.25) is 0 Å². The van der Waals surface area contributed by atoms with Gasteiger partial charge in [-0.05, 0) is 89.7 Å². The molecule has 244 valence electrons. The molecule has 0 aliphatic heterocycles. The third-order valence-electron chi connectivity index (χ3n) is 6.81. The van der Waals surface area contributed by atoms with E-state index in [-0.39, 0.29) is 18.0 Å². The van der Waals surface area contributed by atoms with Crippen molar-refractivity contribution in [2.75, 3.05) is 6.54 Å². The van der Waals surface area contributed by atoms with Crippen molar-refractivity contribution in [1.82, 2.24) is 5.32 Å². The van der Waals surface area contributed by atoms with Crippen LogP contribution < -0.4 is 11.1 Å². The number of esters is 1. The molecular weight excluding hydrogens is 540 g/mol. The first-order valence-electron chi connectivity index (χ1n) is 16.6. The van der Waals surface area contributed by atoms with E-state index >= 15 is 0 Å². The zero-order chi connectivity index (χ0) is 31.8. The Bertz CT molecular complexity index is 860. The Morgan fingerprint density at radius 1 is 0.721 bits per heavy atom. The molecule has 0 aromatic carbocycles. The zero-order valence-corrected chi connectivity index (χ0v) is 27.0. The number of carboxylic acid groups (broad SMARTS) is 1. The lowest BCUT2D eigenvalue weighted by Crippen LogP contribution is -2.40. The van der Waals surface area contributed by atoms with Gasteiger partial charge in [0.25, 0.3) is 0 Å². The van der Waals surface area contributed by atoms with Crippen molar-refractivity contribution >= 4 is 17.8 Å². The molecule has 0 fully saturated rings. The van der Waals surface area contributed by atoms with Gasteiger partial charge < -0.3 is 20.9 Å². The number of rotatable bonds is 28. The number of hydrogen-bond donors (Lipinski definition) is 3. The van der Waals surface area contributed by atoms with E-state index in [2.05, 4.69) is 67.8 Å². The van der Waals surface area contributed by atoms with Crippen molar-refractivity contribution in [3.05, 3.63) is 60.8 Å². The second-order valence-electron chi connectivity index (χ2n) is 10.8. The molecule has 0 saturated carbocycles. The van der Waals surface area contributed by atoms with Crippen molar-refractivity contribution in [2.45, 2.75) is 142 Å². The minimum Gasteiger partial charge on any atom is -0.480 e. The SMILES string of the molecule is CC/C=C\C/C=C\C/C=C\C/C=C\CCC(=O)OC(/C=C\CCCCC)CCCCCCC(=O)NC(CCCN)C(=O)O. The van der Waals surface area contributed by atoms with Gasteiger partial charge in [0, 0.05) is 12.8 Å².